The molecule has 152 valence electrons. The van der Waals surface area contributed by atoms with Crippen LogP contribution in [0.25, 0.3) is 0 Å². The van der Waals surface area contributed by atoms with E-state index >= 15 is 0 Å². The first-order chi connectivity index (χ1) is 13.2. The van der Waals surface area contributed by atoms with Crippen molar-refractivity contribution in [2.45, 2.75) is 38.9 Å². The topological polar surface area (TPSA) is 37.4 Å². The number of rotatable bonds is 6. The maximum atomic E-state index is 13.6. The van der Waals surface area contributed by atoms with Crippen molar-refractivity contribution in [3.8, 4) is 5.75 Å². The number of pyridine rings is 1. The lowest BCUT2D eigenvalue weighted by Gasteiger charge is -2.23. The highest BCUT2D eigenvalue weighted by molar-refractivity contribution is 5.85. The Morgan fingerprint density at radius 2 is 1.82 bits per heavy atom. The number of aromatic nitrogens is 1. The van der Waals surface area contributed by atoms with Crippen molar-refractivity contribution in [2.75, 3.05) is 19.7 Å². The maximum absolute atomic E-state index is 13.6. The fourth-order valence-corrected chi connectivity index (χ4v) is 3.88. The lowest BCUT2D eigenvalue weighted by Crippen LogP contribution is -2.30. The van der Waals surface area contributed by atoms with Crippen molar-refractivity contribution >= 4 is 12.4 Å². The Kier molecular flexibility index (Phi) is 7.21. The number of nitrogens with one attached hydrogen (secondary N) is 1. The van der Waals surface area contributed by atoms with Crippen molar-refractivity contribution in [1.29, 1.82) is 0 Å². The van der Waals surface area contributed by atoms with Crippen LogP contribution in [0.4, 0.5) is 8.78 Å². The molecule has 2 aliphatic rings. The van der Waals surface area contributed by atoms with Gasteiger partial charge in [0.15, 0.2) is 0 Å². The Morgan fingerprint density at radius 3 is 2.46 bits per heavy atom. The summed E-state index contributed by atoms with van der Waals surface area (Å²) in [7, 11) is 0. The molecule has 3 heterocycles. The van der Waals surface area contributed by atoms with Crippen LogP contribution in [0.1, 0.15) is 41.7 Å². The van der Waals surface area contributed by atoms with Gasteiger partial charge in [-0.2, -0.15) is 0 Å². The fourth-order valence-electron chi connectivity index (χ4n) is 3.88. The number of benzene rings is 1. The minimum atomic E-state index is -2.56. The molecule has 1 aromatic heterocycles. The molecule has 0 aliphatic carbocycles. The summed E-state index contributed by atoms with van der Waals surface area (Å²) in [6.07, 6.45) is 0.947. The highest BCUT2D eigenvalue weighted by Gasteiger charge is 2.22. The van der Waals surface area contributed by atoms with E-state index in [2.05, 4.69) is 27.3 Å². The number of fused-ring (bicyclic) bond motifs is 1. The summed E-state index contributed by atoms with van der Waals surface area (Å²) in [6.45, 7) is 4.62. The van der Waals surface area contributed by atoms with E-state index in [1.54, 1.807) is 0 Å². The van der Waals surface area contributed by atoms with Crippen LogP contribution < -0.4 is 10.1 Å². The molecule has 1 aromatic carbocycles. The molecule has 0 amide bonds. The molecule has 1 saturated heterocycles. The number of alkyl halides is 2. The van der Waals surface area contributed by atoms with Gasteiger partial charge in [0, 0.05) is 19.6 Å². The van der Waals surface area contributed by atoms with Crippen molar-refractivity contribution in [2.24, 2.45) is 5.92 Å². The van der Waals surface area contributed by atoms with E-state index in [9.17, 15) is 8.78 Å². The Hall–Kier alpha value is -1.76. The van der Waals surface area contributed by atoms with Gasteiger partial charge in [-0.05, 0) is 49.0 Å². The third kappa shape index (κ3) is 4.99. The summed E-state index contributed by atoms with van der Waals surface area (Å²) >= 11 is 0. The lowest BCUT2D eigenvalue weighted by molar-refractivity contribution is 0.140. The number of ether oxygens (including phenoxy) is 1. The zero-order chi connectivity index (χ0) is 18.6. The summed E-state index contributed by atoms with van der Waals surface area (Å²) in [5.74, 6) is 0.636. The Labute approximate surface area is 170 Å². The van der Waals surface area contributed by atoms with E-state index < -0.39 is 6.43 Å². The first kappa shape index (κ1) is 21.0. The van der Waals surface area contributed by atoms with Crippen molar-refractivity contribution in [3.05, 3.63) is 58.9 Å². The zero-order valence-electron chi connectivity index (χ0n) is 15.7. The predicted octanol–water partition coefficient (Wildman–Crippen LogP) is 4.34. The largest absolute Gasteiger partial charge is 0.491 e. The van der Waals surface area contributed by atoms with E-state index in [-0.39, 0.29) is 23.7 Å². The number of nitrogens with zero attached hydrogens (tertiary/aromatic N) is 2. The number of hydrogen-bond donors (Lipinski definition) is 1. The van der Waals surface area contributed by atoms with E-state index in [0.717, 1.165) is 39.0 Å². The summed E-state index contributed by atoms with van der Waals surface area (Å²) in [5, 5.41) is 3.30. The lowest BCUT2D eigenvalue weighted by atomic mass is 9.99. The summed E-state index contributed by atoms with van der Waals surface area (Å²) in [4.78, 5) is 6.62. The Morgan fingerprint density at radius 1 is 1.14 bits per heavy atom. The maximum Gasteiger partial charge on any atom is 0.267 e. The van der Waals surface area contributed by atoms with Crippen LogP contribution in [-0.2, 0) is 19.6 Å². The molecule has 1 N–H and O–H groups in total. The molecule has 7 heteroatoms. The third-order valence-corrected chi connectivity index (χ3v) is 5.41. The molecular formula is C21H26ClF2N3O. The molecule has 0 saturated carbocycles. The molecule has 0 radical (unpaired) electrons. The summed E-state index contributed by atoms with van der Waals surface area (Å²) in [6, 6.07) is 9.80. The molecule has 0 spiro atoms. The number of halogens is 3. The van der Waals surface area contributed by atoms with Gasteiger partial charge >= 0.3 is 0 Å². The van der Waals surface area contributed by atoms with Gasteiger partial charge in [-0.15, -0.1) is 12.4 Å². The normalized spacial score (nSPS) is 17.4. The SMILES string of the molecule is Cl.FC(F)c1cc(CN2Cc3ccccc3C2)ncc1OCC1CCNCC1. The molecule has 4 rings (SSSR count). The van der Waals surface area contributed by atoms with Crippen LogP contribution in [0.15, 0.2) is 36.5 Å². The van der Waals surface area contributed by atoms with E-state index in [0.29, 0.717) is 24.8 Å². The second-order valence-electron chi connectivity index (χ2n) is 7.43. The van der Waals surface area contributed by atoms with E-state index in [1.807, 2.05) is 12.1 Å². The van der Waals surface area contributed by atoms with Gasteiger partial charge in [0.1, 0.15) is 5.75 Å². The predicted molar refractivity (Wildman–Crippen MR) is 107 cm³/mol. The molecule has 2 aliphatic heterocycles. The van der Waals surface area contributed by atoms with Crippen molar-refractivity contribution in [3.63, 3.8) is 0 Å². The minimum Gasteiger partial charge on any atom is -0.491 e. The van der Waals surface area contributed by atoms with Crippen LogP contribution in [0.5, 0.6) is 5.75 Å². The smallest absolute Gasteiger partial charge is 0.267 e. The third-order valence-electron chi connectivity index (χ3n) is 5.41. The van der Waals surface area contributed by atoms with Crippen LogP contribution in [0, 0.1) is 5.92 Å². The Balaban J connectivity index is 0.00000225. The van der Waals surface area contributed by atoms with Gasteiger partial charge in [0.05, 0.1) is 24.1 Å². The summed E-state index contributed by atoms with van der Waals surface area (Å²) < 4.78 is 32.9. The van der Waals surface area contributed by atoms with Gasteiger partial charge in [0.25, 0.3) is 6.43 Å². The number of piperidine rings is 1. The average molecular weight is 410 g/mol. The first-order valence-electron chi connectivity index (χ1n) is 9.58. The first-order valence-corrected chi connectivity index (χ1v) is 9.58. The second kappa shape index (κ2) is 9.63. The zero-order valence-corrected chi connectivity index (χ0v) is 16.6. The summed E-state index contributed by atoms with van der Waals surface area (Å²) in [5.41, 5.74) is 3.21. The highest BCUT2D eigenvalue weighted by Crippen LogP contribution is 2.31. The molecule has 28 heavy (non-hydrogen) atoms. The van der Waals surface area contributed by atoms with Crippen LogP contribution >= 0.6 is 12.4 Å². The van der Waals surface area contributed by atoms with Crippen molar-refractivity contribution in [1.82, 2.24) is 15.2 Å². The van der Waals surface area contributed by atoms with Gasteiger partial charge in [-0.3, -0.25) is 9.88 Å². The van der Waals surface area contributed by atoms with Gasteiger partial charge in [-0.1, -0.05) is 24.3 Å². The second-order valence-corrected chi connectivity index (χ2v) is 7.43. The molecule has 4 nitrogen and oxygen atoms in total. The van der Waals surface area contributed by atoms with Crippen LogP contribution in [0.3, 0.4) is 0 Å². The molecule has 0 unspecified atom stereocenters. The van der Waals surface area contributed by atoms with Gasteiger partial charge in [-0.25, -0.2) is 8.78 Å². The molecule has 2 aromatic rings. The number of hydrogen-bond acceptors (Lipinski definition) is 4. The quantitative estimate of drug-likeness (QED) is 0.770. The Bertz CT molecular complexity index is 759. The minimum absolute atomic E-state index is 0. The van der Waals surface area contributed by atoms with Crippen LogP contribution in [-0.4, -0.2) is 29.6 Å². The highest BCUT2D eigenvalue weighted by atomic mass is 35.5. The monoisotopic (exact) mass is 409 g/mol. The van der Waals surface area contributed by atoms with Gasteiger partial charge < -0.3 is 10.1 Å². The molecule has 0 atom stereocenters. The van der Waals surface area contributed by atoms with Gasteiger partial charge in [0.2, 0.25) is 0 Å². The molecule has 1 fully saturated rings. The molecule has 0 bridgehead atoms. The standard InChI is InChI=1S/C21H25F2N3O.ClH/c22-21(23)19-9-18(13-26-11-16-3-1-2-4-17(16)12-26)25-10-20(19)27-14-15-5-7-24-8-6-15;/h1-4,9-10,15,21,24H,5-8,11-14H2;1H. The van der Waals surface area contributed by atoms with Crippen molar-refractivity contribution < 1.29 is 13.5 Å². The molecular weight excluding hydrogens is 384 g/mol. The fraction of sp³-hybridized carbons (Fsp3) is 0.476. The van der Waals surface area contributed by atoms with Crippen LogP contribution in [0.2, 0.25) is 0 Å². The average Bonchev–Trinajstić information content (AvgIpc) is 3.10. The van der Waals surface area contributed by atoms with E-state index in [1.165, 1.54) is 23.4 Å². The van der Waals surface area contributed by atoms with E-state index in [4.69, 9.17) is 4.74 Å².